The van der Waals surface area contributed by atoms with Crippen LogP contribution in [0.4, 0.5) is 5.69 Å². The monoisotopic (exact) mass is 462 g/mol. The van der Waals surface area contributed by atoms with Crippen LogP contribution in [0.1, 0.15) is 11.4 Å². The average Bonchev–Trinajstić information content (AvgIpc) is 3.16. The van der Waals surface area contributed by atoms with Crippen LogP contribution in [0.15, 0.2) is 54.9 Å². The molecule has 0 spiro atoms. The summed E-state index contributed by atoms with van der Waals surface area (Å²) < 4.78 is 32.5. The standard InChI is InChI=1S/C21H23ClN4O4S/c1-15-23-10-11-25(15)17-6-4-16(5-7-17)13-24-21(27)14-26(31(3,28)29)18-8-9-20(30-2)19(22)12-18/h4-12H,13-14H2,1-3H3,(H,24,27). The molecule has 0 aliphatic carbocycles. The molecule has 3 rings (SSSR count). The first-order valence-electron chi connectivity index (χ1n) is 9.36. The summed E-state index contributed by atoms with van der Waals surface area (Å²) in [6.45, 7) is 1.81. The fourth-order valence-electron chi connectivity index (χ4n) is 3.02. The van der Waals surface area contributed by atoms with Crippen LogP contribution < -0.4 is 14.4 Å². The molecular formula is C21H23ClN4O4S. The normalized spacial score (nSPS) is 11.2. The molecule has 2 aromatic carbocycles. The van der Waals surface area contributed by atoms with Crippen LogP contribution in [0, 0.1) is 6.92 Å². The van der Waals surface area contributed by atoms with Gasteiger partial charge in [0.1, 0.15) is 18.1 Å². The Morgan fingerprint density at radius 1 is 1.23 bits per heavy atom. The van der Waals surface area contributed by atoms with Gasteiger partial charge in [-0.05, 0) is 42.8 Å². The summed E-state index contributed by atoms with van der Waals surface area (Å²) in [5.41, 5.74) is 2.13. The van der Waals surface area contributed by atoms with Crippen molar-refractivity contribution in [1.82, 2.24) is 14.9 Å². The number of sulfonamides is 1. The number of ether oxygens (including phenoxy) is 1. The minimum absolute atomic E-state index is 0.252. The number of methoxy groups -OCH3 is 1. The molecule has 0 atom stereocenters. The van der Waals surface area contributed by atoms with Crippen molar-refractivity contribution in [1.29, 1.82) is 0 Å². The number of aryl methyl sites for hydroxylation is 1. The molecule has 0 saturated heterocycles. The fourth-order valence-corrected chi connectivity index (χ4v) is 4.12. The number of hydrogen-bond acceptors (Lipinski definition) is 5. The molecule has 0 saturated carbocycles. The number of hydrogen-bond donors (Lipinski definition) is 1. The average molecular weight is 463 g/mol. The minimum atomic E-state index is -3.70. The van der Waals surface area contributed by atoms with Gasteiger partial charge in [0, 0.05) is 24.6 Å². The van der Waals surface area contributed by atoms with E-state index in [1.807, 2.05) is 42.0 Å². The predicted octanol–water partition coefficient (Wildman–Crippen LogP) is 2.93. The largest absolute Gasteiger partial charge is 0.495 e. The van der Waals surface area contributed by atoms with E-state index in [1.54, 1.807) is 12.3 Å². The number of carbonyl (C=O) groups excluding carboxylic acids is 1. The zero-order chi connectivity index (χ0) is 22.6. The highest BCUT2D eigenvalue weighted by Crippen LogP contribution is 2.30. The molecule has 1 N–H and O–H groups in total. The second-order valence-corrected chi connectivity index (χ2v) is 9.19. The van der Waals surface area contributed by atoms with Crippen LogP contribution in [-0.4, -0.2) is 43.8 Å². The van der Waals surface area contributed by atoms with Gasteiger partial charge in [0.2, 0.25) is 15.9 Å². The maximum absolute atomic E-state index is 12.5. The molecule has 0 unspecified atom stereocenters. The Hall–Kier alpha value is -3.04. The zero-order valence-corrected chi connectivity index (χ0v) is 18.9. The number of nitrogens with zero attached hydrogens (tertiary/aromatic N) is 3. The van der Waals surface area contributed by atoms with Crippen molar-refractivity contribution >= 4 is 33.2 Å². The predicted molar refractivity (Wildman–Crippen MR) is 120 cm³/mol. The summed E-state index contributed by atoms with van der Waals surface area (Å²) in [4.78, 5) is 16.7. The lowest BCUT2D eigenvalue weighted by molar-refractivity contribution is -0.119. The second-order valence-electron chi connectivity index (χ2n) is 6.88. The molecular weight excluding hydrogens is 440 g/mol. The second kappa shape index (κ2) is 9.40. The molecule has 164 valence electrons. The van der Waals surface area contributed by atoms with Gasteiger partial charge in [-0.15, -0.1) is 0 Å². The van der Waals surface area contributed by atoms with E-state index < -0.39 is 15.9 Å². The highest BCUT2D eigenvalue weighted by molar-refractivity contribution is 7.92. The lowest BCUT2D eigenvalue weighted by atomic mass is 10.2. The number of amides is 1. The molecule has 1 aromatic heterocycles. The van der Waals surface area contributed by atoms with Gasteiger partial charge in [-0.1, -0.05) is 23.7 Å². The van der Waals surface area contributed by atoms with Crippen LogP contribution in [0.2, 0.25) is 5.02 Å². The summed E-state index contributed by atoms with van der Waals surface area (Å²) in [5, 5.41) is 3.00. The lowest BCUT2D eigenvalue weighted by Crippen LogP contribution is -2.40. The van der Waals surface area contributed by atoms with Crippen molar-refractivity contribution in [3.8, 4) is 11.4 Å². The topological polar surface area (TPSA) is 93.5 Å². The molecule has 8 nitrogen and oxygen atoms in total. The highest BCUT2D eigenvalue weighted by Gasteiger charge is 2.21. The van der Waals surface area contributed by atoms with E-state index in [1.165, 1.54) is 19.2 Å². The van der Waals surface area contributed by atoms with E-state index >= 15 is 0 Å². The smallest absolute Gasteiger partial charge is 0.241 e. The van der Waals surface area contributed by atoms with Crippen LogP contribution in [0.25, 0.3) is 5.69 Å². The van der Waals surface area contributed by atoms with Gasteiger partial charge in [0.05, 0.1) is 24.1 Å². The number of imidazole rings is 1. The number of aromatic nitrogens is 2. The number of nitrogens with one attached hydrogen (secondary N) is 1. The first-order valence-corrected chi connectivity index (χ1v) is 11.6. The van der Waals surface area contributed by atoms with Gasteiger partial charge >= 0.3 is 0 Å². The van der Waals surface area contributed by atoms with Crippen molar-refractivity contribution < 1.29 is 17.9 Å². The summed E-state index contributed by atoms with van der Waals surface area (Å²) in [5.74, 6) is 0.852. The molecule has 0 bridgehead atoms. The molecule has 0 aliphatic heterocycles. The van der Waals surface area contributed by atoms with Crippen molar-refractivity contribution in [2.24, 2.45) is 0 Å². The quantitative estimate of drug-likeness (QED) is 0.555. The van der Waals surface area contributed by atoms with Crippen LogP contribution in [0.3, 0.4) is 0 Å². The van der Waals surface area contributed by atoms with E-state index in [-0.39, 0.29) is 23.8 Å². The molecule has 0 fully saturated rings. The van der Waals surface area contributed by atoms with E-state index in [9.17, 15) is 13.2 Å². The molecule has 1 heterocycles. The molecule has 31 heavy (non-hydrogen) atoms. The van der Waals surface area contributed by atoms with Gasteiger partial charge in [0.25, 0.3) is 0 Å². The van der Waals surface area contributed by atoms with Crippen molar-refractivity contribution in [3.63, 3.8) is 0 Å². The third-order valence-electron chi connectivity index (χ3n) is 4.64. The van der Waals surface area contributed by atoms with Crippen LogP contribution >= 0.6 is 11.6 Å². The maximum atomic E-state index is 12.5. The zero-order valence-electron chi connectivity index (χ0n) is 17.4. The van der Waals surface area contributed by atoms with Crippen molar-refractivity contribution in [3.05, 3.63) is 71.3 Å². The first-order chi connectivity index (χ1) is 14.7. The van der Waals surface area contributed by atoms with E-state index in [2.05, 4.69) is 10.3 Å². The van der Waals surface area contributed by atoms with E-state index in [4.69, 9.17) is 16.3 Å². The molecule has 1 amide bonds. The number of anilines is 1. The summed E-state index contributed by atoms with van der Waals surface area (Å²) in [7, 11) is -2.24. The number of carbonyl (C=O) groups is 1. The van der Waals surface area contributed by atoms with E-state index in [0.29, 0.717) is 5.75 Å². The Labute approximate surface area is 186 Å². The molecule has 3 aromatic rings. The Balaban J connectivity index is 1.66. The molecule has 0 radical (unpaired) electrons. The van der Waals surface area contributed by atoms with Gasteiger partial charge < -0.3 is 14.6 Å². The third-order valence-corrected chi connectivity index (χ3v) is 6.08. The Morgan fingerprint density at radius 3 is 2.48 bits per heavy atom. The molecule has 10 heteroatoms. The lowest BCUT2D eigenvalue weighted by Gasteiger charge is -2.22. The Bertz CT molecular complexity index is 1180. The Morgan fingerprint density at radius 2 is 1.94 bits per heavy atom. The van der Waals surface area contributed by atoms with Crippen LogP contribution in [-0.2, 0) is 21.4 Å². The number of halogens is 1. The number of rotatable bonds is 8. The minimum Gasteiger partial charge on any atom is -0.495 e. The van der Waals surface area contributed by atoms with Crippen LogP contribution in [0.5, 0.6) is 5.75 Å². The van der Waals surface area contributed by atoms with Gasteiger partial charge in [-0.3, -0.25) is 9.10 Å². The summed E-state index contributed by atoms with van der Waals surface area (Å²) in [6.07, 6.45) is 4.64. The highest BCUT2D eigenvalue weighted by atomic mass is 35.5. The fraction of sp³-hybridized carbons (Fsp3) is 0.238. The first kappa shape index (κ1) is 22.6. The Kier molecular flexibility index (Phi) is 6.87. The van der Waals surface area contributed by atoms with Crippen molar-refractivity contribution in [2.75, 3.05) is 24.2 Å². The molecule has 0 aliphatic rings. The van der Waals surface area contributed by atoms with Gasteiger partial charge in [-0.2, -0.15) is 0 Å². The van der Waals surface area contributed by atoms with E-state index in [0.717, 1.165) is 27.6 Å². The van der Waals surface area contributed by atoms with Gasteiger partial charge in [0.15, 0.2) is 0 Å². The van der Waals surface area contributed by atoms with Crippen molar-refractivity contribution in [2.45, 2.75) is 13.5 Å². The van der Waals surface area contributed by atoms with Gasteiger partial charge in [-0.25, -0.2) is 13.4 Å². The maximum Gasteiger partial charge on any atom is 0.241 e. The summed E-state index contributed by atoms with van der Waals surface area (Å²) in [6, 6.07) is 12.2. The SMILES string of the molecule is COc1ccc(N(CC(=O)NCc2ccc(-n3ccnc3C)cc2)S(C)(=O)=O)cc1Cl. The third kappa shape index (κ3) is 5.56. The summed E-state index contributed by atoms with van der Waals surface area (Å²) >= 11 is 6.11. The number of benzene rings is 2.